The highest BCUT2D eigenvalue weighted by atomic mass is 16.3. The van der Waals surface area contributed by atoms with Crippen LogP contribution in [0.2, 0.25) is 0 Å². The lowest BCUT2D eigenvalue weighted by molar-refractivity contribution is -0.117. The summed E-state index contributed by atoms with van der Waals surface area (Å²) in [6, 6.07) is 7.45. The van der Waals surface area contributed by atoms with Crippen molar-refractivity contribution < 1.29 is 9.90 Å². The molecule has 0 fully saturated rings. The highest BCUT2D eigenvalue weighted by Gasteiger charge is 2.08. The molecule has 5 nitrogen and oxygen atoms in total. The van der Waals surface area contributed by atoms with Crippen LogP contribution in [0.5, 0.6) is 0 Å². The minimum absolute atomic E-state index is 0.0448. The molecule has 1 aromatic rings. The van der Waals surface area contributed by atoms with Gasteiger partial charge in [-0.1, -0.05) is 18.2 Å². The zero-order chi connectivity index (χ0) is 12.7. The number of aliphatic hydroxyl groups excluding tert-OH is 1. The lowest BCUT2D eigenvalue weighted by Gasteiger charge is -2.15. The third kappa shape index (κ3) is 4.52. The molecule has 0 saturated heterocycles. The van der Waals surface area contributed by atoms with Crippen molar-refractivity contribution in [3.05, 3.63) is 29.8 Å². The maximum absolute atomic E-state index is 11.7. The maximum atomic E-state index is 11.7. The first-order valence-electron chi connectivity index (χ1n) is 5.54. The predicted molar refractivity (Wildman–Crippen MR) is 67.5 cm³/mol. The molecule has 94 valence electrons. The van der Waals surface area contributed by atoms with Gasteiger partial charge in [0.15, 0.2) is 0 Å². The Morgan fingerprint density at radius 1 is 1.47 bits per heavy atom. The fraction of sp³-hybridized carbons (Fsp3) is 0.417. The summed E-state index contributed by atoms with van der Waals surface area (Å²) in [7, 11) is 1.78. The van der Waals surface area contributed by atoms with Crippen LogP contribution in [-0.2, 0) is 11.3 Å². The number of rotatable bonds is 6. The van der Waals surface area contributed by atoms with E-state index in [0.717, 1.165) is 11.3 Å². The number of benzene rings is 1. The van der Waals surface area contributed by atoms with Crippen molar-refractivity contribution in [3.8, 4) is 0 Å². The Morgan fingerprint density at radius 2 is 2.18 bits per heavy atom. The number of carbonyl (C=O) groups is 1. The number of anilines is 1. The second-order valence-corrected chi connectivity index (χ2v) is 3.87. The van der Waals surface area contributed by atoms with Crippen LogP contribution in [0.3, 0.4) is 0 Å². The summed E-state index contributed by atoms with van der Waals surface area (Å²) >= 11 is 0. The summed E-state index contributed by atoms with van der Waals surface area (Å²) in [5.41, 5.74) is 7.24. The summed E-state index contributed by atoms with van der Waals surface area (Å²) < 4.78 is 0. The van der Waals surface area contributed by atoms with E-state index in [1.807, 2.05) is 24.3 Å². The second-order valence-electron chi connectivity index (χ2n) is 3.87. The average Bonchev–Trinajstić information content (AvgIpc) is 2.29. The van der Waals surface area contributed by atoms with E-state index in [9.17, 15) is 4.79 Å². The number of carbonyl (C=O) groups excluding carboxylic acids is 1. The van der Waals surface area contributed by atoms with Crippen molar-refractivity contribution in [1.82, 2.24) is 4.90 Å². The van der Waals surface area contributed by atoms with Gasteiger partial charge in [0.1, 0.15) is 0 Å². The van der Waals surface area contributed by atoms with Crippen molar-refractivity contribution in [1.29, 1.82) is 0 Å². The standard InChI is InChI=1S/C12H19N3O2/c1-15(6-7-16)9-12(17)14-11-5-3-2-4-10(11)8-13/h2-5,16H,6-9,13H2,1H3,(H,14,17). The van der Waals surface area contributed by atoms with Gasteiger partial charge in [-0.25, -0.2) is 0 Å². The van der Waals surface area contributed by atoms with Crippen molar-refractivity contribution in [2.24, 2.45) is 5.73 Å². The molecule has 0 aliphatic rings. The number of para-hydroxylation sites is 1. The lowest BCUT2D eigenvalue weighted by Crippen LogP contribution is -2.32. The zero-order valence-electron chi connectivity index (χ0n) is 10.0. The first kappa shape index (κ1) is 13.6. The van der Waals surface area contributed by atoms with Crippen LogP contribution in [0.4, 0.5) is 5.69 Å². The molecule has 0 aromatic heterocycles. The Kier molecular flexibility index (Phi) is 5.62. The fourth-order valence-corrected chi connectivity index (χ4v) is 1.50. The van der Waals surface area contributed by atoms with Gasteiger partial charge in [-0.15, -0.1) is 0 Å². The number of nitrogens with zero attached hydrogens (tertiary/aromatic N) is 1. The topological polar surface area (TPSA) is 78.6 Å². The number of amides is 1. The van der Waals surface area contributed by atoms with Crippen LogP contribution in [0.15, 0.2) is 24.3 Å². The van der Waals surface area contributed by atoms with Gasteiger partial charge in [-0.3, -0.25) is 9.69 Å². The van der Waals surface area contributed by atoms with Gasteiger partial charge in [0.05, 0.1) is 13.2 Å². The third-order valence-corrected chi connectivity index (χ3v) is 2.41. The molecule has 0 heterocycles. The van der Waals surface area contributed by atoms with Crippen molar-refractivity contribution in [2.75, 3.05) is 32.1 Å². The minimum Gasteiger partial charge on any atom is -0.395 e. The number of hydrogen-bond donors (Lipinski definition) is 3. The lowest BCUT2D eigenvalue weighted by atomic mass is 10.2. The van der Waals surface area contributed by atoms with Crippen LogP contribution in [0, 0.1) is 0 Å². The Labute approximate surface area is 101 Å². The summed E-state index contributed by atoms with van der Waals surface area (Å²) in [5.74, 6) is -0.109. The molecule has 0 radical (unpaired) electrons. The SMILES string of the molecule is CN(CCO)CC(=O)Nc1ccccc1CN. The molecule has 1 amide bonds. The largest absolute Gasteiger partial charge is 0.395 e. The number of likely N-dealkylation sites (N-methyl/N-ethyl adjacent to an activating group) is 1. The summed E-state index contributed by atoms with van der Waals surface area (Å²) in [4.78, 5) is 13.4. The molecule has 0 saturated carbocycles. The van der Waals surface area contributed by atoms with Gasteiger partial charge in [-0.05, 0) is 18.7 Å². The van der Waals surface area contributed by atoms with Gasteiger partial charge >= 0.3 is 0 Å². The number of nitrogens with two attached hydrogens (primary N) is 1. The van der Waals surface area contributed by atoms with E-state index < -0.39 is 0 Å². The Bertz CT molecular complexity index is 369. The first-order chi connectivity index (χ1) is 8.17. The quantitative estimate of drug-likeness (QED) is 0.651. The molecule has 0 unspecified atom stereocenters. The van der Waals surface area contributed by atoms with Crippen LogP contribution < -0.4 is 11.1 Å². The molecule has 0 aliphatic carbocycles. The second kappa shape index (κ2) is 7.01. The Morgan fingerprint density at radius 3 is 2.82 bits per heavy atom. The highest BCUT2D eigenvalue weighted by molar-refractivity contribution is 5.92. The summed E-state index contributed by atoms with van der Waals surface area (Å²) in [6.07, 6.45) is 0. The molecule has 4 N–H and O–H groups in total. The molecule has 0 atom stereocenters. The fourth-order valence-electron chi connectivity index (χ4n) is 1.50. The maximum Gasteiger partial charge on any atom is 0.238 e. The highest BCUT2D eigenvalue weighted by Crippen LogP contribution is 2.13. The number of hydrogen-bond acceptors (Lipinski definition) is 4. The number of aliphatic hydroxyl groups is 1. The first-order valence-corrected chi connectivity index (χ1v) is 5.54. The van der Waals surface area contributed by atoms with E-state index >= 15 is 0 Å². The molecule has 1 aromatic carbocycles. The molecule has 0 aliphatic heterocycles. The molecular formula is C12H19N3O2. The molecule has 0 bridgehead atoms. The smallest absolute Gasteiger partial charge is 0.238 e. The van der Waals surface area contributed by atoms with Crippen molar-refractivity contribution in [2.45, 2.75) is 6.54 Å². The molecule has 1 rings (SSSR count). The summed E-state index contributed by atoms with van der Waals surface area (Å²) in [6.45, 7) is 1.16. The van der Waals surface area contributed by atoms with Gasteiger partial charge in [-0.2, -0.15) is 0 Å². The monoisotopic (exact) mass is 237 g/mol. The predicted octanol–water partition coefficient (Wildman–Crippen LogP) is 0.00790. The van der Waals surface area contributed by atoms with Crippen LogP contribution in [-0.4, -0.2) is 42.7 Å². The average molecular weight is 237 g/mol. The molecule has 5 heteroatoms. The van der Waals surface area contributed by atoms with E-state index in [0.29, 0.717) is 13.1 Å². The van der Waals surface area contributed by atoms with Crippen LogP contribution in [0.25, 0.3) is 0 Å². The minimum atomic E-state index is -0.109. The van der Waals surface area contributed by atoms with Crippen LogP contribution in [0.1, 0.15) is 5.56 Å². The zero-order valence-corrected chi connectivity index (χ0v) is 10.0. The Hall–Kier alpha value is -1.43. The van der Waals surface area contributed by atoms with Gasteiger partial charge in [0.25, 0.3) is 0 Å². The molecule has 0 spiro atoms. The van der Waals surface area contributed by atoms with E-state index in [1.165, 1.54) is 0 Å². The third-order valence-electron chi connectivity index (χ3n) is 2.41. The van der Waals surface area contributed by atoms with Gasteiger partial charge < -0.3 is 16.2 Å². The normalized spacial score (nSPS) is 10.6. The van der Waals surface area contributed by atoms with E-state index in [1.54, 1.807) is 11.9 Å². The van der Waals surface area contributed by atoms with Crippen LogP contribution >= 0.6 is 0 Å². The van der Waals surface area contributed by atoms with E-state index in [2.05, 4.69) is 5.32 Å². The van der Waals surface area contributed by atoms with Gasteiger partial charge in [0, 0.05) is 18.8 Å². The van der Waals surface area contributed by atoms with E-state index in [4.69, 9.17) is 10.8 Å². The van der Waals surface area contributed by atoms with E-state index in [-0.39, 0.29) is 19.1 Å². The molecular weight excluding hydrogens is 218 g/mol. The summed E-state index contributed by atoms with van der Waals surface area (Å²) in [5, 5.41) is 11.5. The molecule has 17 heavy (non-hydrogen) atoms. The number of nitrogens with one attached hydrogen (secondary N) is 1. The van der Waals surface area contributed by atoms with Crippen molar-refractivity contribution >= 4 is 11.6 Å². The Balaban J connectivity index is 2.55. The van der Waals surface area contributed by atoms with Gasteiger partial charge in [0.2, 0.25) is 5.91 Å². The van der Waals surface area contributed by atoms with Crippen molar-refractivity contribution in [3.63, 3.8) is 0 Å².